The second kappa shape index (κ2) is 8.78. The van der Waals surface area contributed by atoms with E-state index in [1.54, 1.807) is 0 Å². The second-order valence-corrected chi connectivity index (χ2v) is 2.82. The average molecular weight is 171 g/mol. The Labute approximate surface area is 74.6 Å². The molecule has 3 nitrogen and oxygen atoms in total. The molecule has 0 aromatic carbocycles. The molecule has 0 aliphatic rings. The molecule has 4 heteroatoms. The van der Waals surface area contributed by atoms with Crippen LogP contribution in [0.1, 0.15) is 19.3 Å². The van der Waals surface area contributed by atoms with Gasteiger partial charge in [-0.05, 0) is 19.3 Å². The summed E-state index contributed by atoms with van der Waals surface area (Å²) < 4.78 is 0. The van der Waals surface area contributed by atoms with E-state index in [4.69, 9.17) is 10.0 Å². The Morgan fingerprint density at radius 1 is 1.25 bits per heavy atom. The number of hydrogen-bond acceptors (Lipinski definition) is 3. The highest BCUT2D eigenvalue weighted by Gasteiger charge is 2.03. The van der Waals surface area contributed by atoms with Crippen LogP contribution in [0.4, 0.5) is 0 Å². The minimum absolute atomic E-state index is 0.488. The zero-order valence-corrected chi connectivity index (χ0v) is 7.50. The SMILES string of the molecule is C=CCNCCCCCB(O)O. The maximum atomic E-state index is 8.52. The minimum Gasteiger partial charge on any atom is -0.427 e. The van der Waals surface area contributed by atoms with E-state index in [-0.39, 0.29) is 0 Å². The molecule has 70 valence electrons. The van der Waals surface area contributed by atoms with Crippen LogP contribution in [0.2, 0.25) is 6.32 Å². The fourth-order valence-corrected chi connectivity index (χ4v) is 0.958. The molecule has 0 fully saturated rings. The van der Waals surface area contributed by atoms with E-state index in [9.17, 15) is 0 Å². The van der Waals surface area contributed by atoms with Crippen LogP contribution in [-0.4, -0.2) is 30.3 Å². The summed E-state index contributed by atoms with van der Waals surface area (Å²) in [5.41, 5.74) is 0. The molecular weight excluding hydrogens is 153 g/mol. The standard InChI is InChI=1S/C8H18BNO2/c1-2-7-10-8-5-3-4-6-9(11)12/h2,10-12H,1,3-8H2. The van der Waals surface area contributed by atoms with Crippen molar-refractivity contribution in [1.82, 2.24) is 5.32 Å². The monoisotopic (exact) mass is 171 g/mol. The van der Waals surface area contributed by atoms with E-state index in [2.05, 4.69) is 11.9 Å². The zero-order valence-electron chi connectivity index (χ0n) is 7.50. The van der Waals surface area contributed by atoms with E-state index < -0.39 is 7.12 Å². The Hall–Kier alpha value is -0.315. The first-order valence-corrected chi connectivity index (χ1v) is 4.45. The van der Waals surface area contributed by atoms with Crippen molar-refractivity contribution in [2.75, 3.05) is 13.1 Å². The Balaban J connectivity index is 2.86. The smallest absolute Gasteiger partial charge is 0.427 e. The first-order valence-electron chi connectivity index (χ1n) is 4.45. The molecule has 0 spiro atoms. The average Bonchev–Trinajstić information content (AvgIpc) is 2.02. The van der Waals surface area contributed by atoms with Gasteiger partial charge in [0.15, 0.2) is 0 Å². The van der Waals surface area contributed by atoms with E-state index in [0.717, 1.165) is 32.4 Å². The number of hydrogen-bond donors (Lipinski definition) is 3. The van der Waals surface area contributed by atoms with E-state index in [0.29, 0.717) is 6.32 Å². The fourth-order valence-electron chi connectivity index (χ4n) is 0.958. The van der Waals surface area contributed by atoms with Crippen molar-refractivity contribution in [1.29, 1.82) is 0 Å². The van der Waals surface area contributed by atoms with Gasteiger partial charge in [-0.2, -0.15) is 0 Å². The lowest BCUT2D eigenvalue weighted by Crippen LogP contribution is -2.15. The van der Waals surface area contributed by atoms with Crippen molar-refractivity contribution in [3.63, 3.8) is 0 Å². The summed E-state index contributed by atoms with van der Waals surface area (Å²) in [4.78, 5) is 0. The summed E-state index contributed by atoms with van der Waals surface area (Å²) in [6.45, 7) is 5.42. The Bertz CT molecular complexity index is 109. The van der Waals surface area contributed by atoms with E-state index >= 15 is 0 Å². The molecule has 0 rings (SSSR count). The van der Waals surface area contributed by atoms with Crippen LogP contribution in [0, 0.1) is 0 Å². The number of unbranched alkanes of at least 4 members (excludes halogenated alkanes) is 2. The second-order valence-electron chi connectivity index (χ2n) is 2.82. The molecule has 0 aliphatic carbocycles. The predicted octanol–water partition coefficient (Wildman–Crippen LogP) is 0.405. The highest BCUT2D eigenvalue weighted by molar-refractivity contribution is 6.40. The molecule has 0 heterocycles. The van der Waals surface area contributed by atoms with Crippen molar-refractivity contribution < 1.29 is 10.0 Å². The molecule has 0 atom stereocenters. The van der Waals surface area contributed by atoms with Gasteiger partial charge in [-0.15, -0.1) is 6.58 Å². The van der Waals surface area contributed by atoms with Crippen LogP contribution in [0.25, 0.3) is 0 Å². The third-order valence-electron chi connectivity index (χ3n) is 1.60. The molecule has 0 unspecified atom stereocenters. The van der Waals surface area contributed by atoms with Crippen molar-refractivity contribution in [3.05, 3.63) is 12.7 Å². The van der Waals surface area contributed by atoms with Crippen molar-refractivity contribution >= 4 is 7.12 Å². The molecule has 0 aliphatic heterocycles. The molecule has 0 saturated carbocycles. The molecule has 0 saturated heterocycles. The van der Waals surface area contributed by atoms with Crippen LogP contribution < -0.4 is 5.32 Å². The maximum absolute atomic E-state index is 8.52. The van der Waals surface area contributed by atoms with Gasteiger partial charge < -0.3 is 15.4 Å². The molecule has 0 aromatic heterocycles. The molecule has 12 heavy (non-hydrogen) atoms. The van der Waals surface area contributed by atoms with Gasteiger partial charge in [0.2, 0.25) is 0 Å². The lowest BCUT2D eigenvalue weighted by molar-refractivity contribution is 0.401. The minimum atomic E-state index is -1.13. The lowest BCUT2D eigenvalue weighted by atomic mass is 9.83. The van der Waals surface area contributed by atoms with Crippen LogP contribution in [0.5, 0.6) is 0 Å². The number of nitrogens with one attached hydrogen (secondary N) is 1. The highest BCUT2D eigenvalue weighted by Crippen LogP contribution is 2.00. The summed E-state index contributed by atoms with van der Waals surface area (Å²) >= 11 is 0. The normalized spacial score (nSPS) is 9.83. The molecule has 0 aromatic rings. The van der Waals surface area contributed by atoms with Gasteiger partial charge in [-0.1, -0.05) is 18.9 Å². The number of rotatable bonds is 8. The Morgan fingerprint density at radius 2 is 2.00 bits per heavy atom. The fraction of sp³-hybridized carbons (Fsp3) is 0.750. The van der Waals surface area contributed by atoms with Crippen LogP contribution >= 0.6 is 0 Å². The van der Waals surface area contributed by atoms with Gasteiger partial charge >= 0.3 is 7.12 Å². The zero-order chi connectivity index (χ0) is 9.23. The third-order valence-corrected chi connectivity index (χ3v) is 1.60. The van der Waals surface area contributed by atoms with Crippen LogP contribution in [0.15, 0.2) is 12.7 Å². The molecule has 0 radical (unpaired) electrons. The van der Waals surface area contributed by atoms with Gasteiger partial charge in [0, 0.05) is 6.54 Å². The molecule has 0 amide bonds. The highest BCUT2D eigenvalue weighted by atomic mass is 16.4. The quantitative estimate of drug-likeness (QED) is 0.281. The molecule has 0 bridgehead atoms. The van der Waals surface area contributed by atoms with Gasteiger partial charge in [0.1, 0.15) is 0 Å². The molecular formula is C8H18BNO2. The summed E-state index contributed by atoms with van der Waals surface area (Å²) in [7, 11) is -1.13. The third kappa shape index (κ3) is 9.68. The largest absolute Gasteiger partial charge is 0.451 e. The van der Waals surface area contributed by atoms with Crippen LogP contribution in [-0.2, 0) is 0 Å². The summed E-state index contributed by atoms with van der Waals surface area (Å²) in [6.07, 6.45) is 5.33. The van der Waals surface area contributed by atoms with Gasteiger partial charge in [-0.3, -0.25) is 0 Å². The van der Waals surface area contributed by atoms with E-state index in [1.165, 1.54) is 0 Å². The summed E-state index contributed by atoms with van der Waals surface area (Å²) in [5, 5.41) is 20.2. The van der Waals surface area contributed by atoms with Crippen molar-refractivity contribution in [2.45, 2.75) is 25.6 Å². The van der Waals surface area contributed by atoms with Crippen molar-refractivity contribution in [3.8, 4) is 0 Å². The Morgan fingerprint density at radius 3 is 2.58 bits per heavy atom. The van der Waals surface area contributed by atoms with Crippen LogP contribution in [0.3, 0.4) is 0 Å². The summed E-state index contributed by atoms with van der Waals surface area (Å²) in [5.74, 6) is 0. The van der Waals surface area contributed by atoms with Crippen molar-refractivity contribution in [2.24, 2.45) is 0 Å². The first-order chi connectivity index (χ1) is 5.77. The maximum Gasteiger partial charge on any atom is 0.451 e. The molecule has 3 N–H and O–H groups in total. The first kappa shape index (κ1) is 11.7. The summed E-state index contributed by atoms with van der Waals surface area (Å²) in [6, 6.07) is 0. The van der Waals surface area contributed by atoms with Gasteiger partial charge in [0.25, 0.3) is 0 Å². The predicted molar refractivity (Wildman–Crippen MR) is 51.9 cm³/mol. The van der Waals surface area contributed by atoms with Gasteiger partial charge in [0.05, 0.1) is 0 Å². The topological polar surface area (TPSA) is 52.5 Å². The van der Waals surface area contributed by atoms with Gasteiger partial charge in [-0.25, -0.2) is 0 Å². The lowest BCUT2D eigenvalue weighted by Gasteiger charge is -2.01. The van der Waals surface area contributed by atoms with E-state index in [1.807, 2.05) is 6.08 Å². The Kier molecular flexibility index (Phi) is 8.55.